The van der Waals surface area contributed by atoms with Crippen molar-refractivity contribution in [3.8, 4) is 0 Å². The molecule has 0 saturated carbocycles. The summed E-state index contributed by atoms with van der Waals surface area (Å²) in [6.07, 6.45) is 6.02. The second-order valence-electron chi connectivity index (χ2n) is 6.39. The molecule has 0 aromatic carbocycles. The number of halogens is 1. The number of rotatable bonds is 8. The lowest BCUT2D eigenvalue weighted by molar-refractivity contribution is 0.263. The molecule has 26 heavy (non-hydrogen) atoms. The Labute approximate surface area is 175 Å². The summed E-state index contributed by atoms with van der Waals surface area (Å²) in [7, 11) is 2.12. The van der Waals surface area contributed by atoms with Crippen LogP contribution >= 0.6 is 24.0 Å². The molecule has 2 rings (SSSR count). The zero-order chi connectivity index (χ0) is 17.9. The summed E-state index contributed by atoms with van der Waals surface area (Å²) < 4.78 is 0. The highest BCUT2D eigenvalue weighted by Crippen LogP contribution is 2.09. The van der Waals surface area contributed by atoms with Gasteiger partial charge in [0.2, 0.25) is 5.95 Å². The summed E-state index contributed by atoms with van der Waals surface area (Å²) in [5.74, 6) is 1.86. The molecule has 7 nitrogen and oxygen atoms in total. The number of nitrogens with zero attached hydrogens (tertiary/aromatic N) is 6. The minimum atomic E-state index is 0. The van der Waals surface area contributed by atoms with Crippen molar-refractivity contribution in [2.45, 2.75) is 26.7 Å². The van der Waals surface area contributed by atoms with Crippen molar-refractivity contribution in [2.75, 3.05) is 64.3 Å². The Hall–Kier alpha value is -1.16. The molecule has 1 fully saturated rings. The molecule has 0 radical (unpaired) electrons. The maximum atomic E-state index is 4.79. The SMILES string of the molecule is CCCCN(C)C(=NCCN1CCN(c2ncccn2)CC1)NCC.I. The Balaban J connectivity index is 0.00000338. The van der Waals surface area contributed by atoms with Gasteiger partial charge in [-0.25, -0.2) is 9.97 Å². The molecule has 0 unspecified atom stereocenters. The van der Waals surface area contributed by atoms with E-state index < -0.39 is 0 Å². The first-order valence-electron chi connectivity index (χ1n) is 9.48. The van der Waals surface area contributed by atoms with E-state index in [2.05, 4.69) is 50.9 Å². The average molecular weight is 475 g/mol. The fraction of sp³-hybridized carbons (Fsp3) is 0.722. The van der Waals surface area contributed by atoms with Gasteiger partial charge in [0, 0.05) is 65.3 Å². The van der Waals surface area contributed by atoms with Crippen LogP contribution in [0.25, 0.3) is 0 Å². The molecule has 1 aliphatic rings. The van der Waals surface area contributed by atoms with Gasteiger partial charge in [0.15, 0.2) is 5.96 Å². The van der Waals surface area contributed by atoms with Gasteiger partial charge in [-0.05, 0) is 19.4 Å². The molecule has 1 N–H and O–H groups in total. The molecule has 0 spiro atoms. The molecule has 8 heteroatoms. The van der Waals surface area contributed by atoms with Crippen LogP contribution in [-0.2, 0) is 0 Å². The van der Waals surface area contributed by atoms with Crippen molar-refractivity contribution in [1.29, 1.82) is 0 Å². The minimum absolute atomic E-state index is 0. The number of guanidine groups is 1. The number of aliphatic imine (C=N–C) groups is 1. The Morgan fingerprint density at radius 1 is 1.19 bits per heavy atom. The van der Waals surface area contributed by atoms with Crippen molar-refractivity contribution < 1.29 is 0 Å². The summed E-state index contributed by atoms with van der Waals surface area (Å²) in [5.41, 5.74) is 0. The van der Waals surface area contributed by atoms with E-state index in [1.807, 2.05) is 6.07 Å². The van der Waals surface area contributed by atoms with E-state index in [0.717, 1.165) is 64.3 Å². The van der Waals surface area contributed by atoms with Gasteiger partial charge in [0.1, 0.15) is 0 Å². The Bertz CT molecular complexity index is 504. The van der Waals surface area contributed by atoms with E-state index in [1.54, 1.807) is 12.4 Å². The first kappa shape index (κ1) is 22.9. The van der Waals surface area contributed by atoms with E-state index in [9.17, 15) is 0 Å². The molecule has 1 aromatic heterocycles. The number of aromatic nitrogens is 2. The van der Waals surface area contributed by atoms with Gasteiger partial charge < -0.3 is 15.1 Å². The lowest BCUT2D eigenvalue weighted by Gasteiger charge is -2.34. The number of anilines is 1. The van der Waals surface area contributed by atoms with E-state index in [0.29, 0.717) is 0 Å². The second-order valence-corrected chi connectivity index (χ2v) is 6.39. The van der Waals surface area contributed by atoms with E-state index >= 15 is 0 Å². The van der Waals surface area contributed by atoms with Crippen LogP contribution in [0.2, 0.25) is 0 Å². The maximum absolute atomic E-state index is 4.79. The summed E-state index contributed by atoms with van der Waals surface area (Å²) in [6.45, 7) is 12.2. The Morgan fingerprint density at radius 3 is 2.50 bits per heavy atom. The van der Waals surface area contributed by atoms with E-state index in [-0.39, 0.29) is 24.0 Å². The molecule has 1 saturated heterocycles. The van der Waals surface area contributed by atoms with Crippen molar-refractivity contribution in [3.05, 3.63) is 18.5 Å². The van der Waals surface area contributed by atoms with Crippen LogP contribution in [-0.4, -0.2) is 85.1 Å². The molecule has 0 aliphatic carbocycles. The minimum Gasteiger partial charge on any atom is -0.357 e. The maximum Gasteiger partial charge on any atom is 0.225 e. The van der Waals surface area contributed by atoms with Crippen molar-refractivity contribution >= 4 is 35.9 Å². The van der Waals surface area contributed by atoms with Gasteiger partial charge in [-0.2, -0.15) is 0 Å². The van der Waals surface area contributed by atoms with Crippen LogP contribution in [0, 0.1) is 0 Å². The molecule has 1 aliphatic heterocycles. The number of nitrogens with one attached hydrogen (secondary N) is 1. The summed E-state index contributed by atoms with van der Waals surface area (Å²) >= 11 is 0. The molecule has 0 atom stereocenters. The Morgan fingerprint density at radius 2 is 1.88 bits per heavy atom. The number of hydrogen-bond acceptors (Lipinski definition) is 5. The van der Waals surface area contributed by atoms with Crippen molar-refractivity contribution in [2.24, 2.45) is 4.99 Å². The third kappa shape index (κ3) is 7.61. The lowest BCUT2D eigenvalue weighted by atomic mass is 10.3. The van der Waals surface area contributed by atoms with Gasteiger partial charge >= 0.3 is 0 Å². The average Bonchev–Trinajstić information content (AvgIpc) is 2.66. The monoisotopic (exact) mass is 475 g/mol. The third-order valence-electron chi connectivity index (χ3n) is 4.43. The van der Waals surface area contributed by atoms with Gasteiger partial charge in [-0.15, -0.1) is 24.0 Å². The van der Waals surface area contributed by atoms with Gasteiger partial charge in [-0.3, -0.25) is 9.89 Å². The predicted octanol–water partition coefficient (Wildman–Crippen LogP) is 1.91. The molecule has 1 aromatic rings. The molecular weight excluding hydrogens is 441 g/mol. The highest BCUT2D eigenvalue weighted by atomic mass is 127. The molecule has 148 valence electrons. The lowest BCUT2D eigenvalue weighted by Crippen LogP contribution is -2.48. The van der Waals surface area contributed by atoms with Crippen LogP contribution in [0.15, 0.2) is 23.5 Å². The van der Waals surface area contributed by atoms with E-state index in [1.165, 1.54) is 12.8 Å². The van der Waals surface area contributed by atoms with Crippen LogP contribution in [0.3, 0.4) is 0 Å². The quantitative estimate of drug-likeness (QED) is 0.352. The van der Waals surface area contributed by atoms with Gasteiger partial charge in [-0.1, -0.05) is 13.3 Å². The predicted molar refractivity (Wildman–Crippen MR) is 120 cm³/mol. The first-order valence-corrected chi connectivity index (χ1v) is 9.48. The van der Waals surface area contributed by atoms with E-state index in [4.69, 9.17) is 4.99 Å². The van der Waals surface area contributed by atoms with Crippen LogP contribution in [0.1, 0.15) is 26.7 Å². The van der Waals surface area contributed by atoms with Crippen LogP contribution < -0.4 is 10.2 Å². The molecule has 0 amide bonds. The summed E-state index contributed by atoms with van der Waals surface area (Å²) in [6, 6.07) is 1.86. The fourth-order valence-electron chi connectivity index (χ4n) is 2.89. The zero-order valence-electron chi connectivity index (χ0n) is 16.4. The highest BCUT2D eigenvalue weighted by Gasteiger charge is 2.18. The number of unbranched alkanes of at least 4 members (excludes halogenated alkanes) is 1. The topological polar surface area (TPSA) is 59.9 Å². The Kier molecular flexibility index (Phi) is 11.5. The van der Waals surface area contributed by atoms with Gasteiger partial charge in [0.25, 0.3) is 0 Å². The normalized spacial score (nSPS) is 15.5. The first-order chi connectivity index (χ1) is 12.2. The van der Waals surface area contributed by atoms with Crippen molar-refractivity contribution in [1.82, 2.24) is 25.1 Å². The summed E-state index contributed by atoms with van der Waals surface area (Å²) in [5, 5.41) is 3.39. The second kappa shape index (κ2) is 13.1. The third-order valence-corrected chi connectivity index (χ3v) is 4.43. The van der Waals surface area contributed by atoms with Crippen LogP contribution in [0.5, 0.6) is 0 Å². The van der Waals surface area contributed by atoms with Crippen LogP contribution in [0.4, 0.5) is 5.95 Å². The van der Waals surface area contributed by atoms with Crippen molar-refractivity contribution in [3.63, 3.8) is 0 Å². The molecule has 0 bridgehead atoms. The molecular formula is C18H34IN7. The smallest absolute Gasteiger partial charge is 0.225 e. The largest absolute Gasteiger partial charge is 0.357 e. The van der Waals surface area contributed by atoms with Gasteiger partial charge in [0.05, 0.1) is 6.54 Å². The number of piperazine rings is 1. The standard InChI is InChI=1S/C18H33N7.HI/c1-4-6-11-23(3)17(19-5-2)22-10-12-24-13-15-25(16-14-24)18-20-8-7-9-21-18;/h7-9H,4-6,10-16H2,1-3H3,(H,19,22);1H. The fourth-order valence-corrected chi connectivity index (χ4v) is 2.89. The number of hydrogen-bond donors (Lipinski definition) is 1. The zero-order valence-corrected chi connectivity index (χ0v) is 18.7. The summed E-state index contributed by atoms with van der Waals surface area (Å²) in [4.78, 5) is 20.4. The molecule has 2 heterocycles. The highest BCUT2D eigenvalue weighted by molar-refractivity contribution is 14.0.